The summed E-state index contributed by atoms with van der Waals surface area (Å²) in [6, 6.07) is 5.36. The van der Waals surface area contributed by atoms with Crippen molar-refractivity contribution < 1.29 is 8.78 Å². The number of hydrogen-bond acceptors (Lipinski definition) is 0. The monoisotopic (exact) mass is 181 g/mol. The third kappa shape index (κ3) is 2.25. The first-order valence-electron chi connectivity index (χ1n) is 3.86. The van der Waals surface area contributed by atoms with E-state index < -0.39 is 12.5 Å². The number of halogens is 2. The molecule has 0 spiro atoms. The fourth-order valence-corrected chi connectivity index (χ4v) is 1.13. The average Bonchev–Trinajstić information content (AvgIpc) is 2.04. The predicted octanol–water partition coefficient (Wildman–Crippen LogP) is 3.22. The van der Waals surface area contributed by atoms with E-state index in [1.54, 1.807) is 18.2 Å². The van der Waals surface area contributed by atoms with Crippen molar-refractivity contribution in [3.63, 3.8) is 0 Å². The van der Waals surface area contributed by atoms with Crippen LogP contribution in [0.4, 0.5) is 8.78 Å². The molecule has 1 aromatic carbocycles. The number of hydrogen-bond donors (Lipinski definition) is 0. The zero-order chi connectivity index (χ0) is 9.84. The lowest BCUT2D eigenvalue weighted by molar-refractivity contribution is 0.130. The Bertz CT molecular complexity index is 328. The molecular weight excluding hydrogens is 172 g/mol. The number of nitrogens with zero attached hydrogens (tertiary/aromatic N) is 1. The van der Waals surface area contributed by atoms with Gasteiger partial charge in [0.15, 0.2) is 0 Å². The Morgan fingerprint density at radius 3 is 2.54 bits per heavy atom. The minimum absolute atomic E-state index is 0.394. The molecule has 0 aliphatic carbocycles. The number of rotatable bonds is 2. The zero-order valence-electron chi connectivity index (χ0n) is 7.17. The zero-order valence-corrected chi connectivity index (χ0v) is 7.17. The van der Waals surface area contributed by atoms with E-state index in [-0.39, 0.29) is 0 Å². The van der Waals surface area contributed by atoms with Crippen molar-refractivity contribution in [1.29, 1.82) is 0 Å². The molecule has 0 aliphatic rings. The molecule has 0 bridgehead atoms. The first-order chi connectivity index (χ1) is 6.15. The minimum atomic E-state index is -2.61. The van der Waals surface area contributed by atoms with Crippen LogP contribution in [-0.2, 0) is 0 Å². The molecule has 0 radical (unpaired) electrons. The van der Waals surface area contributed by atoms with Crippen molar-refractivity contribution in [3.8, 4) is 0 Å². The van der Waals surface area contributed by atoms with E-state index in [1.165, 1.54) is 0 Å². The smallest absolute Gasteiger partial charge is 0.302 e. The molecular formula is C10H9F2N. The number of aryl methyl sites for hydroxylation is 1. The van der Waals surface area contributed by atoms with Crippen molar-refractivity contribution in [1.82, 2.24) is 0 Å². The normalized spacial score (nSPS) is 12.5. The summed E-state index contributed by atoms with van der Waals surface area (Å²) in [5.74, 6) is 0. The maximum Gasteiger partial charge on any atom is 0.316 e. The van der Waals surface area contributed by atoms with Crippen LogP contribution in [0.1, 0.15) is 17.2 Å². The molecule has 0 aliphatic heterocycles. The Kier molecular flexibility index (Phi) is 2.97. The lowest BCUT2D eigenvalue weighted by atomic mass is 10.1. The van der Waals surface area contributed by atoms with Crippen molar-refractivity contribution in [2.45, 2.75) is 19.4 Å². The van der Waals surface area contributed by atoms with E-state index in [2.05, 4.69) is 4.85 Å². The summed E-state index contributed by atoms with van der Waals surface area (Å²) in [6.07, 6.45) is -2.61. The van der Waals surface area contributed by atoms with E-state index in [1.807, 2.05) is 13.0 Å². The van der Waals surface area contributed by atoms with E-state index >= 15 is 0 Å². The highest BCUT2D eigenvalue weighted by molar-refractivity contribution is 5.27. The molecule has 0 amide bonds. The van der Waals surface area contributed by atoms with Crippen LogP contribution in [0.5, 0.6) is 0 Å². The molecule has 1 rings (SSSR count). The SMILES string of the molecule is [C-]#[N+]C(c1cccc(C)c1)C(F)F. The molecule has 0 saturated heterocycles. The van der Waals surface area contributed by atoms with Gasteiger partial charge in [-0.15, -0.1) is 0 Å². The second-order valence-electron chi connectivity index (χ2n) is 2.82. The van der Waals surface area contributed by atoms with E-state index in [0.717, 1.165) is 5.56 Å². The summed E-state index contributed by atoms with van der Waals surface area (Å²) >= 11 is 0. The fourth-order valence-electron chi connectivity index (χ4n) is 1.13. The highest BCUT2D eigenvalue weighted by Crippen LogP contribution is 2.24. The Labute approximate surface area is 75.8 Å². The van der Waals surface area contributed by atoms with Crippen LogP contribution >= 0.6 is 0 Å². The summed E-state index contributed by atoms with van der Waals surface area (Å²) in [5.41, 5.74) is 1.29. The summed E-state index contributed by atoms with van der Waals surface area (Å²) in [6.45, 7) is 8.46. The van der Waals surface area contributed by atoms with Gasteiger partial charge in [0.25, 0.3) is 0 Å². The third-order valence-corrected chi connectivity index (χ3v) is 1.76. The standard InChI is InChI=1S/C10H9F2N/c1-7-4-3-5-8(6-7)9(13-2)10(11)12/h3-6,9-10H,1H3. The van der Waals surface area contributed by atoms with Gasteiger partial charge in [-0.3, -0.25) is 0 Å². The molecule has 0 heterocycles. The lowest BCUT2D eigenvalue weighted by Crippen LogP contribution is -2.04. The highest BCUT2D eigenvalue weighted by Gasteiger charge is 2.27. The van der Waals surface area contributed by atoms with Crippen LogP contribution in [-0.4, -0.2) is 6.43 Å². The molecule has 0 aromatic heterocycles. The van der Waals surface area contributed by atoms with E-state index in [9.17, 15) is 8.78 Å². The molecule has 1 nitrogen and oxygen atoms in total. The minimum Gasteiger partial charge on any atom is -0.302 e. The van der Waals surface area contributed by atoms with Crippen molar-refractivity contribution in [3.05, 3.63) is 46.8 Å². The van der Waals surface area contributed by atoms with Crippen molar-refractivity contribution in [2.24, 2.45) is 0 Å². The first-order valence-corrected chi connectivity index (χ1v) is 3.86. The van der Waals surface area contributed by atoms with Gasteiger partial charge >= 0.3 is 12.5 Å². The fraction of sp³-hybridized carbons (Fsp3) is 0.300. The number of alkyl halides is 2. The van der Waals surface area contributed by atoms with Gasteiger partial charge in [-0.1, -0.05) is 23.8 Å². The van der Waals surface area contributed by atoms with Gasteiger partial charge in [0.1, 0.15) is 0 Å². The second-order valence-corrected chi connectivity index (χ2v) is 2.82. The van der Waals surface area contributed by atoms with Gasteiger partial charge in [-0.25, -0.2) is 15.4 Å². The molecule has 1 aromatic rings. The van der Waals surface area contributed by atoms with Gasteiger partial charge in [0.2, 0.25) is 0 Å². The van der Waals surface area contributed by atoms with Gasteiger partial charge in [0, 0.05) is 5.56 Å². The molecule has 3 heteroatoms. The third-order valence-electron chi connectivity index (χ3n) is 1.76. The molecule has 13 heavy (non-hydrogen) atoms. The Hall–Kier alpha value is -1.43. The Morgan fingerprint density at radius 1 is 1.38 bits per heavy atom. The molecule has 68 valence electrons. The second kappa shape index (κ2) is 3.99. The summed E-state index contributed by atoms with van der Waals surface area (Å²) in [4.78, 5) is 2.90. The molecule has 1 atom stereocenters. The predicted molar refractivity (Wildman–Crippen MR) is 46.5 cm³/mol. The van der Waals surface area contributed by atoms with Gasteiger partial charge in [-0.2, -0.15) is 0 Å². The van der Waals surface area contributed by atoms with Crippen LogP contribution in [0.3, 0.4) is 0 Å². The lowest BCUT2D eigenvalue weighted by Gasteiger charge is -2.04. The van der Waals surface area contributed by atoms with Crippen LogP contribution < -0.4 is 0 Å². The van der Waals surface area contributed by atoms with Crippen molar-refractivity contribution >= 4 is 0 Å². The summed E-state index contributed by atoms with van der Waals surface area (Å²) in [7, 11) is 0. The van der Waals surface area contributed by atoms with Gasteiger partial charge < -0.3 is 4.85 Å². The summed E-state index contributed by atoms with van der Waals surface area (Å²) < 4.78 is 24.6. The van der Waals surface area contributed by atoms with E-state index in [4.69, 9.17) is 6.57 Å². The van der Waals surface area contributed by atoms with Crippen molar-refractivity contribution in [2.75, 3.05) is 0 Å². The molecule has 0 N–H and O–H groups in total. The maximum atomic E-state index is 12.3. The Balaban J connectivity index is 3.00. The van der Waals surface area contributed by atoms with E-state index in [0.29, 0.717) is 5.56 Å². The van der Waals surface area contributed by atoms with Crippen LogP contribution in [0.15, 0.2) is 24.3 Å². The highest BCUT2D eigenvalue weighted by atomic mass is 19.3. The average molecular weight is 181 g/mol. The summed E-state index contributed by atoms with van der Waals surface area (Å²) in [5, 5.41) is 0. The number of benzene rings is 1. The Morgan fingerprint density at radius 2 is 2.08 bits per heavy atom. The molecule has 0 fully saturated rings. The first kappa shape index (κ1) is 9.66. The van der Waals surface area contributed by atoms with Crippen LogP contribution in [0.2, 0.25) is 0 Å². The molecule has 1 unspecified atom stereocenters. The van der Waals surface area contributed by atoms with Gasteiger partial charge in [0.05, 0.1) is 0 Å². The topological polar surface area (TPSA) is 4.36 Å². The molecule has 0 saturated carbocycles. The maximum absolute atomic E-state index is 12.3. The van der Waals surface area contributed by atoms with Crippen LogP contribution in [0, 0.1) is 13.5 Å². The van der Waals surface area contributed by atoms with Crippen LogP contribution in [0.25, 0.3) is 4.85 Å². The quantitative estimate of drug-likeness (QED) is 0.617. The largest absolute Gasteiger partial charge is 0.316 e. The van der Waals surface area contributed by atoms with Gasteiger partial charge in [-0.05, 0) is 13.0 Å².